The minimum atomic E-state index is -0.550. The van der Waals surface area contributed by atoms with Crippen molar-refractivity contribution in [2.75, 3.05) is 33.4 Å². The van der Waals surface area contributed by atoms with Crippen molar-refractivity contribution in [1.29, 1.82) is 0 Å². The van der Waals surface area contributed by atoms with E-state index in [1.807, 2.05) is 0 Å². The van der Waals surface area contributed by atoms with Gasteiger partial charge < -0.3 is 14.8 Å². The molecule has 2 aliphatic heterocycles. The average molecular weight is 256 g/mol. The summed E-state index contributed by atoms with van der Waals surface area (Å²) in [5, 5.41) is 6.76. The lowest BCUT2D eigenvalue weighted by Crippen LogP contribution is -2.64. The molecule has 104 valence electrons. The van der Waals surface area contributed by atoms with E-state index in [2.05, 4.69) is 17.6 Å². The van der Waals surface area contributed by atoms with Crippen LogP contribution in [0.25, 0.3) is 0 Å². The maximum absolute atomic E-state index is 12.2. The Morgan fingerprint density at radius 3 is 3.06 bits per heavy atom. The zero-order chi connectivity index (χ0) is 13.0. The van der Waals surface area contributed by atoms with Crippen LogP contribution in [0.3, 0.4) is 0 Å². The van der Waals surface area contributed by atoms with Gasteiger partial charge in [-0.25, -0.2) is 0 Å². The van der Waals surface area contributed by atoms with Crippen LogP contribution in [-0.2, 0) is 14.3 Å². The first kappa shape index (κ1) is 13.8. The van der Waals surface area contributed by atoms with Gasteiger partial charge >= 0.3 is 5.97 Å². The lowest BCUT2D eigenvalue weighted by molar-refractivity contribution is -0.152. The summed E-state index contributed by atoms with van der Waals surface area (Å²) >= 11 is 0. The SMILES string of the molecule is COC(=O)C1(NCC2CCCO2)CCNCC1C. The second-order valence-corrected chi connectivity index (χ2v) is 5.33. The third-order valence-corrected chi connectivity index (χ3v) is 4.21. The van der Waals surface area contributed by atoms with Crippen molar-refractivity contribution < 1.29 is 14.3 Å². The van der Waals surface area contributed by atoms with Gasteiger partial charge in [-0.05, 0) is 31.7 Å². The van der Waals surface area contributed by atoms with Gasteiger partial charge in [0, 0.05) is 19.7 Å². The summed E-state index contributed by atoms with van der Waals surface area (Å²) in [5.74, 6) is 0.0783. The Morgan fingerprint density at radius 2 is 2.44 bits per heavy atom. The summed E-state index contributed by atoms with van der Waals surface area (Å²) in [4.78, 5) is 12.2. The van der Waals surface area contributed by atoms with Crippen LogP contribution in [0.1, 0.15) is 26.2 Å². The molecular formula is C13H24N2O3. The third kappa shape index (κ3) is 2.68. The van der Waals surface area contributed by atoms with Crippen molar-refractivity contribution in [1.82, 2.24) is 10.6 Å². The van der Waals surface area contributed by atoms with E-state index in [1.165, 1.54) is 7.11 Å². The molecule has 2 aliphatic rings. The summed E-state index contributed by atoms with van der Waals surface area (Å²) in [6.45, 7) is 5.35. The van der Waals surface area contributed by atoms with Gasteiger partial charge in [0.25, 0.3) is 0 Å². The molecule has 5 heteroatoms. The number of hydrogen-bond donors (Lipinski definition) is 2. The van der Waals surface area contributed by atoms with E-state index >= 15 is 0 Å². The van der Waals surface area contributed by atoms with Crippen molar-refractivity contribution in [3.05, 3.63) is 0 Å². The fourth-order valence-electron chi connectivity index (χ4n) is 2.95. The molecule has 0 radical (unpaired) electrons. The molecule has 0 amide bonds. The molecular weight excluding hydrogens is 232 g/mol. The molecule has 0 aromatic carbocycles. The molecule has 18 heavy (non-hydrogen) atoms. The van der Waals surface area contributed by atoms with Gasteiger partial charge in [-0.15, -0.1) is 0 Å². The maximum Gasteiger partial charge on any atom is 0.326 e. The van der Waals surface area contributed by atoms with E-state index in [9.17, 15) is 4.79 Å². The molecule has 0 aliphatic carbocycles. The lowest BCUT2D eigenvalue weighted by atomic mass is 9.79. The Hall–Kier alpha value is -0.650. The van der Waals surface area contributed by atoms with Gasteiger partial charge in [0.1, 0.15) is 5.54 Å². The van der Waals surface area contributed by atoms with Crippen LogP contribution < -0.4 is 10.6 Å². The van der Waals surface area contributed by atoms with Gasteiger partial charge in [0.2, 0.25) is 0 Å². The fourth-order valence-corrected chi connectivity index (χ4v) is 2.95. The maximum atomic E-state index is 12.2. The molecule has 5 nitrogen and oxygen atoms in total. The molecule has 0 saturated carbocycles. The number of piperidine rings is 1. The molecule has 0 aromatic heterocycles. The van der Waals surface area contributed by atoms with Gasteiger partial charge in [-0.1, -0.05) is 6.92 Å². The highest BCUT2D eigenvalue weighted by atomic mass is 16.5. The predicted octanol–water partition coefficient (Wildman–Crippen LogP) is 0.296. The van der Waals surface area contributed by atoms with Gasteiger partial charge in [0.05, 0.1) is 13.2 Å². The highest BCUT2D eigenvalue weighted by Crippen LogP contribution is 2.26. The summed E-state index contributed by atoms with van der Waals surface area (Å²) in [5.41, 5.74) is -0.550. The van der Waals surface area contributed by atoms with E-state index in [4.69, 9.17) is 9.47 Å². The molecule has 0 bridgehead atoms. The van der Waals surface area contributed by atoms with E-state index in [1.54, 1.807) is 0 Å². The Bertz CT molecular complexity index is 292. The van der Waals surface area contributed by atoms with Crippen LogP contribution in [0.2, 0.25) is 0 Å². The number of nitrogens with one attached hydrogen (secondary N) is 2. The topological polar surface area (TPSA) is 59.6 Å². The van der Waals surface area contributed by atoms with E-state index in [0.717, 1.165) is 45.5 Å². The van der Waals surface area contributed by atoms with Gasteiger partial charge in [0.15, 0.2) is 0 Å². The van der Waals surface area contributed by atoms with Crippen LogP contribution in [0.4, 0.5) is 0 Å². The first-order chi connectivity index (χ1) is 8.69. The number of carbonyl (C=O) groups excluding carboxylic acids is 1. The monoisotopic (exact) mass is 256 g/mol. The van der Waals surface area contributed by atoms with Crippen LogP contribution in [0.5, 0.6) is 0 Å². The highest BCUT2D eigenvalue weighted by molar-refractivity contribution is 5.81. The number of rotatable bonds is 4. The fraction of sp³-hybridized carbons (Fsp3) is 0.923. The summed E-state index contributed by atoms with van der Waals surface area (Å²) < 4.78 is 10.6. The summed E-state index contributed by atoms with van der Waals surface area (Å²) in [6, 6.07) is 0. The summed E-state index contributed by atoms with van der Waals surface area (Å²) in [7, 11) is 1.46. The van der Waals surface area contributed by atoms with Crippen molar-refractivity contribution >= 4 is 5.97 Å². The zero-order valence-corrected chi connectivity index (χ0v) is 11.3. The van der Waals surface area contributed by atoms with E-state index in [0.29, 0.717) is 0 Å². The second kappa shape index (κ2) is 5.99. The minimum Gasteiger partial charge on any atom is -0.468 e. The van der Waals surface area contributed by atoms with E-state index < -0.39 is 5.54 Å². The molecule has 2 N–H and O–H groups in total. The second-order valence-electron chi connectivity index (χ2n) is 5.33. The minimum absolute atomic E-state index is 0.144. The lowest BCUT2D eigenvalue weighted by Gasteiger charge is -2.41. The van der Waals surface area contributed by atoms with Crippen molar-refractivity contribution in [3.8, 4) is 0 Å². The standard InChI is InChI=1S/C13H24N2O3/c1-10-8-14-6-5-13(10,12(16)17-2)15-9-11-4-3-7-18-11/h10-11,14-15H,3-9H2,1-2H3. The predicted molar refractivity (Wildman–Crippen MR) is 68.4 cm³/mol. The molecule has 2 heterocycles. The van der Waals surface area contributed by atoms with Gasteiger partial charge in [-0.2, -0.15) is 0 Å². The molecule has 2 fully saturated rings. The quantitative estimate of drug-likeness (QED) is 0.708. The smallest absolute Gasteiger partial charge is 0.326 e. The number of methoxy groups -OCH3 is 1. The van der Waals surface area contributed by atoms with Crippen LogP contribution >= 0.6 is 0 Å². The van der Waals surface area contributed by atoms with Crippen LogP contribution in [0.15, 0.2) is 0 Å². The Kier molecular flexibility index (Phi) is 4.59. The molecule has 2 rings (SSSR count). The normalized spacial score (nSPS) is 36.6. The number of esters is 1. The number of hydrogen-bond acceptors (Lipinski definition) is 5. The molecule has 0 aromatic rings. The Morgan fingerprint density at radius 1 is 1.61 bits per heavy atom. The van der Waals surface area contributed by atoms with E-state index in [-0.39, 0.29) is 18.0 Å². The van der Waals surface area contributed by atoms with Crippen molar-refractivity contribution in [2.24, 2.45) is 5.92 Å². The van der Waals surface area contributed by atoms with Gasteiger partial charge in [-0.3, -0.25) is 10.1 Å². The largest absolute Gasteiger partial charge is 0.468 e. The molecule has 3 atom stereocenters. The third-order valence-electron chi connectivity index (χ3n) is 4.21. The first-order valence-corrected chi connectivity index (χ1v) is 6.85. The Balaban J connectivity index is 2.01. The molecule has 2 saturated heterocycles. The first-order valence-electron chi connectivity index (χ1n) is 6.85. The molecule has 0 spiro atoms. The summed E-state index contributed by atoms with van der Waals surface area (Å²) in [6.07, 6.45) is 3.22. The molecule has 3 unspecified atom stereocenters. The average Bonchev–Trinajstić information content (AvgIpc) is 2.90. The van der Waals surface area contributed by atoms with Crippen molar-refractivity contribution in [2.45, 2.75) is 37.8 Å². The highest BCUT2D eigenvalue weighted by Gasteiger charge is 2.46. The zero-order valence-electron chi connectivity index (χ0n) is 11.3. The number of carbonyl (C=O) groups is 1. The van der Waals surface area contributed by atoms with Crippen LogP contribution in [-0.4, -0.2) is 51.0 Å². The number of ether oxygens (including phenoxy) is 2. The van der Waals surface area contributed by atoms with Crippen LogP contribution in [0, 0.1) is 5.92 Å². The Labute approximate surface area is 109 Å². The van der Waals surface area contributed by atoms with Crippen molar-refractivity contribution in [3.63, 3.8) is 0 Å².